The number of amides is 3. The molecule has 0 aromatic heterocycles. The van der Waals surface area contributed by atoms with Crippen LogP contribution in [0, 0.1) is 0 Å². The molecule has 0 radical (unpaired) electrons. The Balaban J connectivity index is 1.65. The predicted octanol–water partition coefficient (Wildman–Crippen LogP) is 2.65. The van der Waals surface area contributed by atoms with Crippen molar-refractivity contribution >= 4 is 30.4 Å². The van der Waals surface area contributed by atoms with Gasteiger partial charge in [0.05, 0.1) is 5.25 Å². The Kier molecular flexibility index (Phi) is 9.08. The van der Waals surface area contributed by atoms with Gasteiger partial charge in [0.2, 0.25) is 5.91 Å². The molecule has 0 bridgehead atoms. The molecule has 33 heavy (non-hydrogen) atoms. The average molecular weight is 462 g/mol. The number of hydrogen-bond donors (Lipinski definition) is 4. The molecule has 0 aliphatic heterocycles. The average Bonchev–Trinajstić information content (AvgIpc) is 2.86. The van der Waals surface area contributed by atoms with E-state index in [1.54, 1.807) is 0 Å². The van der Waals surface area contributed by atoms with E-state index >= 15 is 0 Å². The Bertz CT molecular complexity index is 991. The van der Waals surface area contributed by atoms with Gasteiger partial charge in [-0.15, -0.1) is 0 Å². The summed E-state index contributed by atoms with van der Waals surface area (Å²) in [6.45, 7) is 0.485. The van der Waals surface area contributed by atoms with Crippen molar-refractivity contribution in [2.45, 2.75) is 30.8 Å². The molecule has 0 aliphatic carbocycles. The van der Waals surface area contributed by atoms with Gasteiger partial charge in [0, 0.05) is 13.1 Å². The molecule has 0 aliphatic rings. The second-order valence-corrected chi connectivity index (χ2v) is 8.18. The van der Waals surface area contributed by atoms with E-state index in [1.165, 1.54) is 0 Å². The van der Waals surface area contributed by atoms with Crippen LogP contribution in [0.2, 0.25) is 0 Å². The fourth-order valence-electron chi connectivity index (χ4n) is 3.19. The third-order valence-electron chi connectivity index (χ3n) is 5.00. The maximum atomic E-state index is 12.9. The molecular weight excluding hydrogens is 434 g/mol. The van der Waals surface area contributed by atoms with E-state index in [-0.39, 0.29) is 13.1 Å². The molecule has 170 valence electrons. The lowest BCUT2D eigenvalue weighted by Crippen LogP contribution is -2.56. The summed E-state index contributed by atoms with van der Waals surface area (Å²) in [7, 11) is 0. The summed E-state index contributed by atoms with van der Waals surface area (Å²) < 4.78 is 0. The maximum Gasteiger partial charge on any atom is 0.252 e. The van der Waals surface area contributed by atoms with E-state index in [9.17, 15) is 14.4 Å². The van der Waals surface area contributed by atoms with Crippen LogP contribution in [0.25, 0.3) is 0 Å². The van der Waals surface area contributed by atoms with Gasteiger partial charge in [-0.1, -0.05) is 91.0 Å². The number of nitrogens with one attached hydrogen (secondary N) is 3. The first kappa shape index (κ1) is 24.1. The van der Waals surface area contributed by atoms with Gasteiger partial charge in [0.15, 0.2) is 6.04 Å². The largest absolute Gasteiger partial charge is 0.350 e. The van der Waals surface area contributed by atoms with Crippen molar-refractivity contribution in [3.63, 3.8) is 0 Å². The predicted molar refractivity (Wildman–Crippen MR) is 131 cm³/mol. The van der Waals surface area contributed by atoms with Crippen molar-refractivity contribution in [3.05, 3.63) is 108 Å². The third kappa shape index (κ3) is 7.80. The molecule has 3 aromatic carbocycles. The van der Waals surface area contributed by atoms with E-state index in [4.69, 9.17) is 0 Å². The second kappa shape index (κ2) is 12.5. The van der Waals surface area contributed by atoms with Gasteiger partial charge in [0.25, 0.3) is 11.8 Å². The summed E-state index contributed by atoms with van der Waals surface area (Å²) >= 11 is 4.39. The van der Waals surface area contributed by atoms with Crippen LogP contribution in [0.1, 0.15) is 16.7 Å². The second-order valence-electron chi connectivity index (χ2n) is 7.55. The summed E-state index contributed by atoms with van der Waals surface area (Å²) in [6.07, 6.45) is 0.375. The van der Waals surface area contributed by atoms with Gasteiger partial charge in [-0.3, -0.25) is 14.4 Å². The van der Waals surface area contributed by atoms with Gasteiger partial charge < -0.3 is 16.0 Å². The van der Waals surface area contributed by atoms with Crippen molar-refractivity contribution in [1.29, 1.82) is 0 Å². The number of rotatable bonds is 10. The molecule has 0 spiro atoms. The first-order valence-electron chi connectivity index (χ1n) is 10.7. The van der Waals surface area contributed by atoms with Crippen LogP contribution in [0.5, 0.6) is 0 Å². The molecule has 3 rings (SSSR count). The van der Waals surface area contributed by atoms with Gasteiger partial charge in [0.1, 0.15) is 0 Å². The molecule has 6 nitrogen and oxygen atoms in total. The quantitative estimate of drug-likeness (QED) is 0.277. The van der Waals surface area contributed by atoms with Crippen LogP contribution in [0.15, 0.2) is 91.0 Å². The van der Waals surface area contributed by atoms with Crippen LogP contribution in [-0.4, -0.2) is 29.0 Å². The van der Waals surface area contributed by atoms with Crippen LogP contribution in [0.4, 0.5) is 0 Å². The smallest absolute Gasteiger partial charge is 0.252 e. The van der Waals surface area contributed by atoms with E-state index in [1.807, 2.05) is 91.0 Å². The van der Waals surface area contributed by atoms with Gasteiger partial charge in [-0.25, -0.2) is 0 Å². The summed E-state index contributed by atoms with van der Waals surface area (Å²) in [6, 6.07) is 26.7. The van der Waals surface area contributed by atoms with E-state index in [0.717, 1.165) is 16.7 Å². The third-order valence-corrected chi connectivity index (χ3v) is 5.42. The first-order chi connectivity index (χ1) is 16.0. The number of carbonyl (C=O) groups excluding carboxylic acids is 3. The van der Waals surface area contributed by atoms with E-state index in [2.05, 4.69) is 28.6 Å². The molecule has 1 unspecified atom stereocenters. The number of thiol groups is 1. The minimum atomic E-state index is -1.38. The molecule has 0 fully saturated rings. The molecule has 0 heterocycles. The lowest BCUT2D eigenvalue weighted by Gasteiger charge is -2.20. The zero-order valence-corrected chi connectivity index (χ0v) is 19.0. The molecule has 7 heteroatoms. The lowest BCUT2D eigenvalue weighted by atomic mass is 10.1. The van der Waals surface area contributed by atoms with Crippen LogP contribution >= 0.6 is 12.6 Å². The minimum absolute atomic E-state index is 0.242. The van der Waals surface area contributed by atoms with Crippen LogP contribution in [-0.2, 0) is 33.9 Å². The standard InChI is InChI=1S/C26H27N3O3S/c30-24(22(33)16-19-10-4-1-5-11-19)29-23(25(31)27-17-20-12-6-2-7-13-20)26(32)28-18-21-14-8-3-9-15-21/h1-15,22-23,33H,16-18H2,(H,27,31)(H,28,32)(H,29,30). The normalized spacial score (nSPS) is 11.5. The highest BCUT2D eigenvalue weighted by atomic mass is 32.1. The Hall–Kier alpha value is -3.58. The number of carbonyl (C=O) groups is 3. The van der Waals surface area contributed by atoms with Crippen molar-refractivity contribution in [3.8, 4) is 0 Å². The van der Waals surface area contributed by atoms with E-state index in [0.29, 0.717) is 6.42 Å². The summed E-state index contributed by atoms with van der Waals surface area (Å²) in [5.41, 5.74) is 2.71. The molecule has 3 aromatic rings. The molecule has 0 saturated carbocycles. The maximum absolute atomic E-state index is 12.9. The fraction of sp³-hybridized carbons (Fsp3) is 0.192. The van der Waals surface area contributed by atoms with Gasteiger partial charge in [-0.2, -0.15) is 12.6 Å². The summed E-state index contributed by atoms with van der Waals surface area (Å²) in [5, 5.41) is 7.33. The highest BCUT2D eigenvalue weighted by molar-refractivity contribution is 7.81. The van der Waals surface area contributed by atoms with Crippen molar-refractivity contribution < 1.29 is 14.4 Å². The molecule has 0 saturated heterocycles. The highest BCUT2D eigenvalue weighted by Crippen LogP contribution is 2.08. The molecule has 3 amide bonds. The lowest BCUT2D eigenvalue weighted by molar-refractivity contribution is -0.136. The van der Waals surface area contributed by atoms with E-state index < -0.39 is 29.0 Å². The topological polar surface area (TPSA) is 87.3 Å². The highest BCUT2D eigenvalue weighted by Gasteiger charge is 2.30. The first-order valence-corrected chi connectivity index (χ1v) is 11.2. The van der Waals surface area contributed by atoms with Gasteiger partial charge >= 0.3 is 0 Å². The fourth-order valence-corrected chi connectivity index (χ4v) is 3.48. The van der Waals surface area contributed by atoms with Crippen molar-refractivity contribution in [2.24, 2.45) is 0 Å². The number of hydrogen-bond acceptors (Lipinski definition) is 4. The zero-order chi connectivity index (χ0) is 23.5. The van der Waals surface area contributed by atoms with Crippen LogP contribution in [0.3, 0.4) is 0 Å². The van der Waals surface area contributed by atoms with Crippen molar-refractivity contribution in [2.75, 3.05) is 0 Å². The Labute approximate surface area is 199 Å². The SMILES string of the molecule is O=C(NC(C(=O)NCc1ccccc1)C(=O)NCc1ccccc1)C(S)Cc1ccccc1. The summed E-state index contributed by atoms with van der Waals surface area (Å²) in [4.78, 5) is 38.5. The van der Waals surface area contributed by atoms with Gasteiger partial charge in [-0.05, 0) is 23.1 Å². The minimum Gasteiger partial charge on any atom is -0.350 e. The summed E-state index contributed by atoms with van der Waals surface area (Å²) in [5.74, 6) is -1.66. The molecular formula is C26H27N3O3S. The Morgan fingerprint density at radius 2 is 1.00 bits per heavy atom. The molecule has 1 atom stereocenters. The zero-order valence-electron chi connectivity index (χ0n) is 18.1. The molecule has 3 N–H and O–H groups in total. The van der Waals surface area contributed by atoms with Crippen molar-refractivity contribution in [1.82, 2.24) is 16.0 Å². The number of benzene rings is 3. The Morgan fingerprint density at radius 3 is 1.42 bits per heavy atom. The monoisotopic (exact) mass is 461 g/mol. The van der Waals surface area contributed by atoms with Crippen LogP contribution < -0.4 is 16.0 Å². The Morgan fingerprint density at radius 1 is 0.606 bits per heavy atom.